The Labute approximate surface area is 149 Å². The van der Waals surface area contributed by atoms with E-state index < -0.39 is 0 Å². The van der Waals surface area contributed by atoms with Gasteiger partial charge < -0.3 is 9.84 Å². The number of ether oxygens (including phenoxy) is 1. The number of aromatic hydroxyl groups is 1. The van der Waals surface area contributed by atoms with Gasteiger partial charge >= 0.3 is 0 Å². The molecule has 24 heavy (non-hydrogen) atoms. The molecule has 0 radical (unpaired) electrons. The molecule has 0 aromatic heterocycles. The lowest BCUT2D eigenvalue weighted by molar-refractivity contribution is 0.406. The molecule has 1 N–H and O–H groups in total. The molecule has 0 atom stereocenters. The van der Waals surface area contributed by atoms with Crippen LogP contribution in [0.15, 0.2) is 18.2 Å². The van der Waals surface area contributed by atoms with Crippen LogP contribution in [0.5, 0.6) is 11.5 Å². The van der Waals surface area contributed by atoms with Gasteiger partial charge in [-0.2, -0.15) is 0 Å². The van der Waals surface area contributed by atoms with Crippen LogP contribution >= 0.6 is 0 Å². The lowest BCUT2D eigenvalue weighted by Crippen LogP contribution is -1.89. The second-order valence-corrected chi connectivity index (χ2v) is 7.03. The summed E-state index contributed by atoms with van der Waals surface area (Å²) >= 11 is 0. The summed E-state index contributed by atoms with van der Waals surface area (Å²) < 4.78 is 5.19. The summed E-state index contributed by atoms with van der Waals surface area (Å²) in [6.07, 6.45) is 19.0. The van der Waals surface area contributed by atoms with Crippen molar-refractivity contribution < 1.29 is 9.84 Å². The number of methoxy groups -OCH3 is 1. The summed E-state index contributed by atoms with van der Waals surface area (Å²) in [5, 5.41) is 9.65. The molecule has 2 nitrogen and oxygen atoms in total. The summed E-state index contributed by atoms with van der Waals surface area (Å²) in [6.45, 7) is 2.28. The average Bonchev–Trinajstić information content (AvgIpc) is 2.58. The van der Waals surface area contributed by atoms with E-state index >= 15 is 0 Å². The Morgan fingerprint density at radius 1 is 0.708 bits per heavy atom. The summed E-state index contributed by atoms with van der Waals surface area (Å²) in [6, 6.07) is 5.54. The molecule has 1 aromatic carbocycles. The van der Waals surface area contributed by atoms with Crippen LogP contribution < -0.4 is 4.74 Å². The van der Waals surface area contributed by atoms with Crippen LogP contribution in [-0.2, 0) is 6.42 Å². The molecule has 1 rings (SSSR count). The first-order valence-electron chi connectivity index (χ1n) is 10.1. The van der Waals surface area contributed by atoms with Crippen LogP contribution in [0.1, 0.15) is 96.0 Å². The highest BCUT2D eigenvalue weighted by Gasteiger charge is 2.01. The highest BCUT2D eigenvalue weighted by molar-refractivity contribution is 5.37. The van der Waals surface area contributed by atoms with Crippen LogP contribution in [0.4, 0.5) is 0 Å². The fourth-order valence-electron chi connectivity index (χ4n) is 3.25. The normalized spacial score (nSPS) is 10.9. The predicted octanol–water partition coefficient (Wildman–Crippen LogP) is 7.03. The molecule has 0 bridgehead atoms. The first-order chi connectivity index (χ1) is 11.8. The SMILES string of the molecule is CCCCCCCCCCCCCCCc1cc(O)cc(OC)c1. The van der Waals surface area contributed by atoms with Crippen LogP contribution in [0.25, 0.3) is 0 Å². The Bertz CT molecular complexity index is 414. The van der Waals surface area contributed by atoms with Gasteiger partial charge in [0.1, 0.15) is 11.5 Å². The predicted molar refractivity (Wildman–Crippen MR) is 104 cm³/mol. The molecule has 1 aromatic rings. The standard InChI is InChI=1S/C22H38O2/c1-3-4-5-6-7-8-9-10-11-12-13-14-15-16-20-17-21(23)19-22(18-20)24-2/h17-19,23H,3-16H2,1-2H3. The van der Waals surface area contributed by atoms with Gasteiger partial charge in [-0.25, -0.2) is 0 Å². The number of phenols is 1. The van der Waals surface area contributed by atoms with Gasteiger partial charge in [-0.05, 0) is 30.5 Å². The number of phenolic OH excluding ortho intramolecular Hbond substituents is 1. The van der Waals surface area contributed by atoms with E-state index in [0.29, 0.717) is 5.75 Å². The van der Waals surface area contributed by atoms with E-state index in [1.54, 1.807) is 13.2 Å². The highest BCUT2D eigenvalue weighted by atomic mass is 16.5. The number of hydrogen-bond donors (Lipinski definition) is 1. The molecule has 0 aliphatic heterocycles. The van der Waals surface area contributed by atoms with Crippen molar-refractivity contribution in [3.05, 3.63) is 23.8 Å². The molecule has 0 saturated heterocycles. The number of hydrogen-bond acceptors (Lipinski definition) is 2. The Morgan fingerprint density at radius 2 is 1.21 bits per heavy atom. The molecule has 0 unspecified atom stereocenters. The lowest BCUT2D eigenvalue weighted by Gasteiger charge is -2.06. The van der Waals surface area contributed by atoms with Gasteiger partial charge in [-0.3, -0.25) is 0 Å². The van der Waals surface area contributed by atoms with Crippen molar-refractivity contribution in [1.29, 1.82) is 0 Å². The fraction of sp³-hybridized carbons (Fsp3) is 0.727. The van der Waals surface area contributed by atoms with Crippen LogP contribution in [0.3, 0.4) is 0 Å². The molecule has 0 aliphatic rings. The molecule has 0 amide bonds. The number of rotatable bonds is 15. The smallest absolute Gasteiger partial charge is 0.122 e. The van der Waals surface area contributed by atoms with Crippen molar-refractivity contribution >= 4 is 0 Å². The Morgan fingerprint density at radius 3 is 1.71 bits per heavy atom. The summed E-state index contributed by atoms with van der Waals surface area (Å²) in [4.78, 5) is 0. The largest absolute Gasteiger partial charge is 0.508 e. The van der Waals surface area contributed by atoms with Crippen LogP contribution in [-0.4, -0.2) is 12.2 Å². The zero-order chi connectivity index (χ0) is 17.5. The number of benzene rings is 1. The maximum Gasteiger partial charge on any atom is 0.122 e. The first kappa shape index (κ1) is 20.9. The van der Waals surface area contributed by atoms with E-state index in [-0.39, 0.29) is 0 Å². The van der Waals surface area contributed by atoms with Crippen LogP contribution in [0.2, 0.25) is 0 Å². The van der Waals surface area contributed by atoms with Crippen molar-refractivity contribution in [2.75, 3.05) is 7.11 Å². The van der Waals surface area contributed by atoms with Crippen molar-refractivity contribution in [3.63, 3.8) is 0 Å². The fourth-order valence-corrected chi connectivity index (χ4v) is 3.25. The van der Waals surface area contributed by atoms with Crippen molar-refractivity contribution in [2.24, 2.45) is 0 Å². The summed E-state index contributed by atoms with van der Waals surface area (Å²) in [5.41, 5.74) is 1.18. The molecule has 0 spiro atoms. The van der Waals surface area contributed by atoms with Crippen molar-refractivity contribution in [1.82, 2.24) is 0 Å². The third kappa shape index (κ3) is 10.6. The maximum absolute atomic E-state index is 9.65. The summed E-state index contributed by atoms with van der Waals surface area (Å²) in [5.74, 6) is 1.05. The Hall–Kier alpha value is -1.18. The lowest BCUT2D eigenvalue weighted by atomic mass is 10.0. The Kier molecular flexibility index (Phi) is 12.3. The minimum absolute atomic E-state index is 0.305. The molecule has 138 valence electrons. The number of aryl methyl sites for hydroxylation is 1. The minimum Gasteiger partial charge on any atom is -0.508 e. The van der Waals surface area contributed by atoms with Crippen LogP contribution in [0, 0.1) is 0 Å². The van der Waals surface area contributed by atoms with Gasteiger partial charge in [0.15, 0.2) is 0 Å². The maximum atomic E-state index is 9.65. The van der Waals surface area contributed by atoms with Gasteiger partial charge in [0, 0.05) is 6.07 Å². The molecule has 0 fully saturated rings. The zero-order valence-electron chi connectivity index (χ0n) is 16.0. The quantitative estimate of drug-likeness (QED) is 0.349. The highest BCUT2D eigenvalue weighted by Crippen LogP contribution is 2.23. The topological polar surface area (TPSA) is 29.5 Å². The zero-order valence-corrected chi connectivity index (χ0v) is 16.0. The third-order valence-corrected chi connectivity index (χ3v) is 4.76. The first-order valence-corrected chi connectivity index (χ1v) is 10.1. The van der Waals surface area contributed by atoms with Crippen molar-refractivity contribution in [2.45, 2.75) is 96.8 Å². The average molecular weight is 335 g/mol. The van der Waals surface area contributed by atoms with E-state index in [9.17, 15) is 5.11 Å². The van der Waals surface area contributed by atoms with Gasteiger partial charge in [0.25, 0.3) is 0 Å². The van der Waals surface area contributed by atoms with E-state index in [2.05, 4.69) is 6.92 Å². The third-order valence-electron chi connectivity index (χ3n) is 4.76. The van der Waals surface area contributed by atoms with Gasteiger partial charge in [-0.15, -0.1) is 0 Å². The van der Waals surface area contributed by atoms with Gasteiger partial charge in [0.05, 0.1) is 7.11 Å². The summed E-state index contributed by atoms with van der Waals surface area (Å²) in [7, 11) is 1.64. The molecular weight excluding hydrogens is 296 g/mol. The minimum atomic E-state index is 0.305. The monoisotopic (exact) mass is 334 g/mol. The Balaban J connectivity index is 1.91. The molecular formula is C22H38O2. The number of unbranched alkanes of at least 4 members (excludes halogenated alkanes) is 12. The van der Waals surface area contributed by atoms with E-state index in [4.69, 9.17) is 4.74 Å². The van der Waals surface area contributed by atoms with E-state index in [1.807, 2.05) is 12.1 Å². The second kappa shape index (κ2) is 14.2. The second-order valence-electron chi connectivity index (χ2n) is 7.03. The van der Waals surface area contributed by atoms with E-state index in [0.717, 1.165) is 12.2 Å². The molecule has 2 heteroatoms. The van der Waals surface area contributed by atoms with Gasteiger partial charge in [0.2, 0.25) is 0 Å². The molecule has 0 heterocycles. The van der Waals surface area contributed by atoms with Crippen molar-refractivity contribution in [3.8, 4) is 11.5 Å². The van der Waals surface area contributed by atoms with E-state index in [1.165, 1.54) is 89.0 Å². The van der Waals surface area contributed by atoms with Gasteiger partial charge in [-0.1, -0.05) is 84.0 Å². The molecule has 0 aliphatic carbocycles. The molecule has 0 saturated carbocycles.